The maximum absolute atomic E-state index is 13.9. The van der Waals surface area contributed by atoms with E-state index in [-0.39, 0.29) is 23.2 Å². The van der Waals surface area contributed by atoms with Gasteiger partial charge in [0.05, 0.1) is 34.0 Å². The molecule has 0 spiro atoms. The summed E-state index contributed by atoms with van der Waals surface area (Å²) >= 11 is 1.52. The smallest absolute Gasteiger partial charge is 0.264 e. The molecule has 224 valence electrons. The summed E-state index contributed by atoms with van der Waals surface area (Å²) in [4.78, 5) is 23.1. The number of anilines is 2. The Morgan fingerprint density at radius 3 is 2.29 bits per heavy atom. The van der Waals surface area contributed by atoms with Crippen LogP contribution in [0.3, 0.4) is 0 Å². The van der Waals surface area contributed by atoms with E-state index in [0.29, 0.717) is 29.5 Å². The molecule has 0 atom stereocenters. The molecule has 1 fully saturated rings. The number of ether oxygens (including phenoxy) is 1. The largest absolute Gasteiger partial charge is 0.379 e. The number of aromatic nitrogens is 1. The fourth-order valence-corrected chi connectivity index (χ4v) is 7.67. The van der Waals surface area contributed by atoms with Gasteiger partial charge in [-0.25, -0.2) is 13.4 Å². The van der Waals surface area contributed by atoms with Gasteiger partial charge in [-0.2, -0.15) is 0 Å². The van der Waals surface area contributed by atoms with Crippen LogP contribution in [-0.2, 0) is 14.8 Å². The zero-order valence-electron chi connectivity index (χ0n) is 24.2. The van der Waals surface area contributed by atoms with E-state index in [1.54, 1.807) is 36.1 Å². The third kappa shape index (κ3) is 6.79. The predicted octanol–water partition coefficient (Wildman–Crippen LogP) is 5.92. The second-order valence-electron chi connectivity index (χ2n) is 10.2. The SMILES string of the molecule is CCN(c1ccccc1)S(=O)(=O)c1ccc(C(=O)N(CCCN2CCOCC2)c2nc3c(C)ccc(C)c3s2)cc1.Cl. The maximum atomic E-state index is 13.9. The Kier molecular flexibility index (Phi) is 10.6. The van der Waals surface area contributed by atoms with E-state index in [4.69, 9.17) is 9.72 Å². The number of hydrogen-bond acceptors (Lipinski definition) is 7. The summed E-state index contributed by atoms with van der Waals surface area (Å²) in [6, 6.07) is 19.4. The normalized spacial score (nSPS) is 14.0. The lowest BCUT2D eigenvalue weighted by Crippen LogP contribution is -2.39. The Morgan fingerprint density at radius 2 is 1.64 bits per heavy atom. The van der Waals surface area contributed by atoms with E-state index in [1.165, 1.54) is 27.8 Å². The molecule has 0 radical (unpaired) electrons. The number of hydrogen-bond donors (Lipinski definition) is 0. The third-order valence-corrected chi connectivity index (χ3v) is 10.5. The van der Waals surface area contributed by atoms with Crippen molar-refractivity contribution in [1.29, 1.82) is 0 Å². The zero-order chi connectivity index (χ0) is 29.0. The Bertz CT molecular complexity index is 1570. The van der Waals surface area contributed by atoms with Crippen LogP contribution in [0.25, 0.3) is 10.2 Å². The Morgan fingerprint density at radius 1 is 0.976 bits per heavy atom. The van der Waals surface area contributed by atoms with Crippen LogP contribution in [0.4, 0.5) is 10.8 Å². The van der Waals surface area contributed by atoms with Crippen molar-refractivity contribution in [3.05, 3.63) is 83.4 Å². The van der Waals surface area contributed by atoms with Crippen molar-refractivity contribution in [3.8, 4) is 0 Å². The van der Waals surface area contributed by atoms with Crippen molar-refractivity contribution < 1.29 is 17.9 Å². The summed E-state index contributed by atoms with van der Waals surface area (Å²) < 4.78 is 34.8. The molecule has 1 saturated heterocycles. The molecule has 1 aromatic heterocycles. The molecule has 0 bridgehead atoms. The first-order valence-electron chi connectivity index (χ1n) is 14.0. The van der Waals surface area contributed by atoms with Gasteiger partial charge in [0.25, 0.3) is 15.9 Å². The van der Waals surface area contributed by atoms with E-state index < -0.39 is 10.0 Å². The third-order valence-electron chi connectivity index (χ3n) is 7.39. The van der Waals surface area contributed by atoms with Crippen LogP contribution in [0.2, 0.25) is 0 Å². The highest BCUT2D eigenvalue weighted by Gasteiger charge is 2.26. The van der Waals surface area contributed by atoms with Crippen molar-refractivity contribution in [1.82, 2.24) is 9.88 Å². The minimum absolute atomic E-state index is 0. The number of sulfonamides is 1. The van der Waals surface area contributed by atoms with Crippen LogP contribution in [0.5, 0.6) is 0 Å². The van der Waals surface area contributed by atoms with Crippen LogP contribution < -0.4 is 9.21 Å². The second-order valence-corrected chi connectivity index (χ2v) is 13.0. The fraction of sp³-hybridized carbons (Fsp3) is 0.355. The lowest BCUT2D eigenvalue weighted by Gasteiger charge is -2.27. The summed E-state index contributed by atoms with van der Waals surface area (Å²) in [5.74, 6) is -0.194. The van der Waals surface area contributed by atoms with Gasteiger partial charge in [0.2, 0.25) is 0 Å². The van der Waals surface area contributed by atoms with Gasteiger partial charge in [-0.05, 0) is 74.7 Å². The Balaban J connectivity index is 0.00000405. The number of nitrogens with zero attached hydrogens (tertiary/aromatic N) is 4. The van der Waals surface area contributed by atoms with E-state index in [2.05, 4.69) is 24.0 Å². The van der Waals surface area contributed by atoms with Crippen molar-refractivity contribution in [2.75, 3.05) is 55.1 Å². The molecule has 3 aromatic carbocycles. The van der Waals surface area contributed by atoms with Gasteiger partial charge >= 0.3 is 0 Å². The Hall–Kier alpha value is -3.02. The molecule has 1 aliphatic heterocycles. The summed E-state index contributed by atoms with van der Waals surface area (Å²) in [6.45, 7) is 10.8. The van der Waals surface area contributed by atoms with Crippen LogP contribution in [0, 0.1) is 13.8 Å². The fourth-order valence-electron chi connectivity index (χ4n) is 5.06. The number of fused-ring (bicyclic) bond motifs is 1. The molecular weight excluding hydrogens is 592 g/mol. The molecular formula is C31H37ClN4O4S2. The number of carbonyl (C=O) groups is 1. The molecule has 8 nitrogen and oxygen atoms in total. The van der Waals surface area contributed by atoms with Gasteiger partial charge in [0.15, 0.2) is 5.13 Å². The molecule has 0 N–H and O–H groups in total. The van der Waals surface area contributed by atoms with Crippen molar-refractivity contribution >= 4 is 60.7 Å². The summed E-state index contributed by atoms with van der Waals surface area (Å²) in [5.41, 5.74) is 4.14. The standard InChI is InChI=1S/C31H36N4O4S2.ClH/c1-4-35(26-9-6-5-7-10-26)41(37,38)27-15-13-25(14-16-27)30(36)34(18-8-17-33-19-21-39-22-20-33)31-32-28-23(2)11-12-24(3)29(28)40-31;/h5-7,9-16H,4,8,17-22H2,1-3H3;1H. The van der Waals surface area contributed by atoms with Gasteiger partial charge in [0, 0.05) is 38.3 Å². The summed E-state index contributed by atoms with van der Waals surface area (Å²) in [6.07, 6.45) is 0.786. The van der Waals surface area contributed by atoms with Crippen LogP contribution in [0.15, 0.2) is 71.6 Å². The average molecular weight is 629 g/mol. The number of thiazole rings is 1. The molecule has 2 heterocycles. The van der Waals surface area contributed by atoms with Gasteiger partial charge in [0.1, 0.15) is 0 Å². The van der Waals surface area contributed by atoms with E-state index in [1.807, 2.05) is 25.1 Å². The monoisotopic (exact) mass is 628 g/mol. The molecule has 1 amide bonds. The summed E-state index contributed by atoms with van der Waals surface area (Å²) in [5, 5.41) is 0.655. The van der Waals surface area contributed by atoms with Gasteiger partial charge in [-0.1, -0.05) is 41.7 Å². The number of amides is 1. The number of morpholine rings is 1. The maximum Gasteiger partial charge on any atom is 0.264 e. The van der Waals surface area contributed by atoms with Crippen LogP contribution >= 0.6 is 23.7 Å². The molecule has 0 aliphatic carbocycles. The number of para-hydroxylation sites is 1. The minimum Gasteiger partial charge on any atom is -0.379 e. The number of halogens is 1. The number of aryl methyl sites for hydroxylation is 2. The number of carbonyl (C=O) groups excluding carboxylic acids is 1. The molecule has 1 aliphatic rings. The Labute approximate surface area is 258 Å². The first-order chi connectivity index (χ1) is 19.8. The predicted molar refractivity (Wildman–Crippen MR) is 173 cm³/mol. The van der Waals surface area contributed by atoms with Gasteiger partial charge < -0.3 is 4.74 Å². The van der Waals surface area contributed by atoms with Crippen molar-refractivity contribution in [2.24, 2.45) is 0 Å². The zero-order valence-corrected chi connectivity index (χ0v) is 26.6. The molecule has 42 heavy (non-hydrogen) atoms. The molecule has 0 saturated carbocycles. The van der Waals surface area contributed by atoms with Crippen molar-refractivity contribution in [3.63, 3.8) is 0 Å². The highest BCUT2D eigenvalue weighted by molar-refractivity contribution is 7.92. The lowest BCUT2D eigenvalue weighted by atomic mass is 10.1. The highest BCUT2D eigenvalue weighted by atomic mass is 35.5. The number of benzene rings is 3. The first kappa shape index (κ1) is 31.9. The minimum atomic E-state index is -3.79. The van der Waals surface area contributed by atoms with Crippen LogP contribution in [0.1, 0.15) is 34.8 Å². The topological polar surface area (TPSA) is 83.1 Å². The average Bonchev–Trinajstić information content (AvgIpc) is 3.45. The van der Waals surface area contributed by atoms with Crippen LogP contribution in [-0.4, -0.2) is 70.1 Å². The van der Waals surface area contributed by atoms with Crippen molar-refractivity contribution in [2.45, 2.75) is 32.1 Å². The highest BCUT2D eigenvalue weighted by Crippen LogP contribution is 2.34. The molecule has 5 rings (SSSR count). The van der Waals surface area contributed by atoms with E-state index >= 15 is 0 Å². The van der Waals surface area contributed by atoms with Gasteiger partial charge in [-0.15, -0.1) is 12.4 Å². The molecule has 0 unspecified atom stereocenters. The summed E-state index contributed by atoms with van der Waals surface area (Å²) in [7, 11) is -3.79. The number of rotatable bonds is 10. The molecule has 4 aromatic rings. The quantitative estimate of drug-likeness (QED) is 0.217. The second kappa shape index (κ2) is 14.0. The molecule has 11 heteroatoms. The van der Waals surface area contributed by atoms with Gasteiger partial charge in [-0.3, -0.25) is 18.9 Å². The van der Waals surface area contributed by atoms with E-state index in [9.17, 15) is 13.2 Å². The first-order valence-corrected chi connectivity index (χ1v) is 16.2. The lowest BCUT2D eigenvalue weighted by molar-refractivity contribution is 0.0376. The van der Waals surface area contributed by atoms with E-state index in [0.717, 1.165) is 60.6 Å².